The molecule has 12 aromatic rings. The Labute approximate surface area is 399 Å². The van der Waals surface area contributed by atoms with Gasteiger partial charge in [-0.05, 0) is 127 Å². The SMILES string of the molecule is N#Cc1cc(C#N)cc(-n2c3ccccc3c3cc(N(c4ccc5c(c4)c4ccccc4n5-c4cc(C#N)cc(C#N)c4)c4ccc5c(c4)c4ccccc4n5-c4cc(C#N)cc(C#N)c4)ccc32)c1. The van der Waals surface area contributed by atoms with E-state index in [4.69, 9.17) is 0 Å². The van der Waals surface area contributed by atoms with Crippen LogP contribution < -0.4 is 4.90 Å². The molecule has 0 atom stereocenters. The first-order valence-electron chi connectivity index (χ1n) is 22.2. The Morgan fingerprint density at radius 1 is 0.257 bits per heavy atom. The van der Waals surface area contributed by atoms with Crippen LogP contribution in [0.3, 0.4) is 0 Å². The predicted octanol–water partition coefficient (Wildman–Crippen LogP) is 13.7. The maximum atomic E-state index is 9.95. The van der Waals surface area contributed by atoms with Gasteiger partial charge in [-0.1, -0.05) is 54.6 Å². The lowest BCUT2D eigenvalue weighted by atomic mass is 10.1. The molecule has 0 fully saturated rings. The van der Waals surface area contributed by atoms with Crippen molar-refractivity contribution >= 4 is 82.5 Å². The van der Waals surface area contributed by atoms with E-state index >= 15 is 0 Å². The highest BCUT2D eigenvalue weighted by Gasteiger charge is 2.23. The van der Waals surface area contributed by atoms with Crippen LogP contribution >= 0.6 is 0 Å². The summed E-state index contributed by atoms with van der Waals surface area (Å²) in [7, 11) is 0. The lowest BCUT2D eigenvalue weighted by Gasteiger charge is -2.26. The second-order valence-corrected chi connectivity index (χ2v) is 17.0. The molecule has 10 nitrogen and oxygen atoms in total. The smallest absolute Gasteiger partial charge is 0.0992 e. The van der Waals surface area contributed by atoms with Crippen LogP contribution in [0.4, 0.5) is 17.1 Å². The fourth-order valence-corrected chi connectivity index (χ4v) is 10.2. The molecule has 0 saturated heterocycles. The molecule has 0 aliphatic rings. The van der Waals surface area contributed by atoms with Crippen molar-refractivity contribution in [1.82, 2.24) is 13.7 Å². The Hall–Kier alpha value is -10.9. The second kappa shape index (κ2) is 15.9. The zero-order valence-electron chi connectivity index (χ0n) is 36.8. The maximum Gasteiger partial charge on any atom is 0.0992 e. The molecule has 0 N–H and O–H groups in total. The molecular weight excluding hydrogens is 861 g/mol. The fourth-order valence-electron chi connectivity index (χ4n) is 10.2. The van der Waals surface area contributed by atoms with Gasteiger partial charge in [-0.3, -0.25) is 0 Å². The normalized spacial score (nSPS) is 11.1. The van der Waals surface area contributed by atoms with Gasteiger partial charge in [0.1, 0.15) is 0 Å². The third-order valence-corrected chi connectivity index (χ3v) is 13.0. The summed E-state index contributed by atoms with van der Waals surface area (Å²) in [4.78, 5) is 2.24. The summed E-state index contributed by atoms with van der Waals surface area (Å²) in [6.07, 6.45) is 0. The summed E-state index contributed by atoms with van der Waals surface area (Å²) < 4.78 is 6.29. The third kappa shape index (κ3) is 6.29. The largest absolute Gasteiger partial charge is 0.310 e. The van der Waals surface area contributed by atoms with Crippen molar-refractivity contribution in [2.24, 2.45) is 0 Å². The predicted molar refractivity (Wildman–Crippen MR) is 272 cm³/mol. The highest BCUT2D eigenvalue weighted by Crippen LogP contribution is 2.44. The molecule has 320 valence electrons. The Morgan fingerprint density at radius 3 is 0.757 bits per heavy atom. The first kappa shape index (κ1) is 40.6. The van der Waals surface area contributed by atoms with E-state index in [9.17, 15) is 31.6 Å². The number of nitrogens with zero attached hydrogens (tertiary/aromatic N) is 10. The Bertz CT molecular complexity index is 3960. The first-order chi connectivity index (χ1) is 34.4. The Kier molecular flexibility index (Phi) is 9.24. The van der Waals surface area contributed by atoms with Crippen LogP contribution in [-0.2, 0) is 0 Å². The van der Waals surface area contributed by atoms with Crippen molar-refractivity contribution in [3.8, 4) is 53.5 Å². The zero-order valence-corrected chi connectivity index (χ0v) is 36.8. The maximum absolute atomic E-state index is 9.95. The highest BCUT2D eigenvalue weighted by molar-refractivity contribution is 6.14. The topological polar surface area (TPSA) is 161 Å². The molecular formula is C60H30N10. The van der Waals surface area contributed by atoms with Gasteiger partial charge in [0.05, 0.1) is 103 Å². The van der Waals surface area contributed by atoms with E-state index < -0.39 is 0 Å². The molecule has 3 heterocycles. The van der Waals surface area contributed by atoms with Gasteiger partial charge in [0.2, 0.25) is 0 Å². The van der Waals surface area contributed by atoms with Crippen molar-refractivity contribution in [3.05, 3.63) is 215 Å². The molecule has 0 spiro atoms. The van der Waals surface area contributed by atoms with Crippen LogP contribution in [0.15, 0.2) is 182 Å². The summed E-state index contributed by atoms with van der Waals surface area (Å²) in [5, 5.41) is 65.6. The van der Waals surface area contributed by atoms with Gasteiger partial charge in [-0.2, -0.15) is 31.6 Å². The Balaban J connectivity index is 1.13. The van der Waals surface area contributed by atoms with E-state index in [0.29, 0.717) is 50.4 Å². The number of para-hydroxylation sites is 3. The van der Waals surface area contributed by atoms with E-state index in [-0.39, 0.29) is 0 Å². The molecule has 70 heavy (non-hydrogen) atoms. The van der Waals surface area contributed by atoms with Crippen molar-refractivity contribution in [1.29, 1.82) is 31.6 Å². The number of fused-ring (bicyclic) bond motifs is 9. The van der Waals surface area contributed by atoms with E-state index in [2.05, 4.69) is 128 Å². The number of anilines is 3. The lowest BCUT2D eigenvalue weighted by Crippen LogP contribution is -2.10. The van der Waals surface area contributed by atoms with Gasteiger partial charge in [0.15, 0.2) is 0 Å². The molecule has 0 aliphatic heterocycles. The summed E-state index contributed by atoms with van der Waals surface area (Å²) in [6.45, 7) is 0. The van der Waals surface area contributed by atoms with E-state index in [1.54, 1.807) is 54.6 Å². The van der Waals surface area contributed by atoms with Crippen LogP contribution in [0.25, 0.3) is 82.5 Å². The van der Waals surface area contributed by atoms with Gasteiger partial charge >= 0.3 is 0 Å². The molecule has 0 aliphatic carbocycles. The van der Waals surface area contributed by atoms with Crippen molar-refractivity contribution in [2.75, 3.05) is 4.90 Å². The van der Waals surface area contributed by atoms with Gasteiger partial charge in [0, 0.05) is 66.4 Å². The number of benzene rings is 9. The molecule has 3 aromatic heterocycles. The molecule has 10 heteroatoms. The van der Waals surface area contributed by atoms with Crippen LogP contribution in [0, 0.1) is 68.0 Å². The van der Waals surface area contributed by atoms with Crippen LogP contribution in [0.2, 0.25) is 0 Å². The molecule has 0 radical (unpaired) electrons. The van der Waals surface area contributed by atoms with E-state index in [1.807, 2.05) is 54.6 Å². The lowest BCUT2D eigenvalue weighted by molar-refractivity contribution is 1.17. The van der Waals surface area contributed by atoms with Crippen molar-refractivity contribution in [2.45, 2.75) is 0 Å². The molecule has 0 bridgehead atoms. The van der Waals surface area contributed by atoms with Gasteiger partial charge in [-0.25, -0.2) is 0 Å². The number of nitriles is 6. The third-order valence-electron chi connectivity index (χ3n) is 13.0. The number of rotatable bonds is 6. The van der Waals surface area contributed by atoms with Crippen LogP contribution in [-0.4, -0.2) is 13.7 Å². The molecule has 9 aromatic carbocycles. The van der Waals surface area contributed by atoms with Gasteiger partial charge in [0.25, 0.3) is 0 Å². The van der Waals surface area contributed by atoms with Crippen molar-refractivity contribution < 1.29 is 0 Å². The Morgan fingerprint density at radius 2 is 0.500 bits per heavy atom. The zero-order chi connectivity index (χ0) is 47.6. The minimum Gasteiger partial charge on any atom is -0.310 e. The summed E-state index contributed by atoms with van der Waals surface area (Å²) >= 11 is 0. The summed E-state index contributed by atoms with van der Waals surface area (Å²) in [6, 6.07) is 72.4. The average Bonchev–Trinajstić information content (AvgIpc) is 4.05. The van der Waals surface area contributed by atoms with Crippen molar-refractivity contribution in [3.63, 3.8) is 0 Å². The minimum atomic E-state index is 0.391. The fraction of sp³-hybridized carbons (Fsp3) is 0. The quantitative estimate of drug-likeness (QED) is 0.160. The average molecular weight is 891 g/mol. The van der Waals surface area contributed by atoms with Crippen LogP contribution in [0.1, 0.15) is 33.4 Å². The summed E-state index contributed by atoms with van der Waals surface area (Å²) in [5.74, 6) is 0. The second-order valence-electron chi connectivity index (χ2n) is 17.0. The number of hydrogen-bond acceptors (Lipinski definition) is 7. The molecule has 0 amide bonds. The standard InChI is InChI=1S/C60H30N10/c61-31-37-19-38(32-62)23-46(22-37)68-55-10-4-1-7-49(55)52-28-43(13-16-58(52)68)67(44-14-17-59-53(29-44)50-8-2-5-11-56(50)69(59)47-24-39(33-63)20-40(25-47)34-64)45-15-18-60-54(30-45)51-9-3-6-12-57(51)70(60)48-26-41(35-65)21-42(27-48)36-66/h1-30H. The molecule has 12 rings (SSSR count). The van der Waals surface area contributed by atoms with Gasteiger partial charge in [-0.15, -0.1) is 0 Å². The molecule has 0 saturated carbocycles. The van der Waals surface area contributed by atoms with Crippen LogP contribution in [0.5, 0.6) is 0 Å². The number of hydrogen-bond donors (Lipinski definition) is 0. The first-order valence-corrected chi connectivity index (χ1v) is 22.2. The molecule has 0 unspecified atom stereocenters. The summed E-state index contributed by atoms with van der Waals surface area (Å²) in [5.41, 5.74) is 12.5. The van der Waals surface area contributed by atoms with E-state index in [1.165, 1.54) is 0 Å². The minimum absolute atomic E-state index is 0.391. The monoisotopic (exact) mass is 890 g/mol. The number of aromatic nitrogens is 3. The van der Waals surface area contributed by atoms with Gasteiger partial charge < -0.3 is 18.6 Å². The van der Waals surface area contributed by atoms with E-state index in [0.717, 1.165) is 82.5 Å². The highest BCUT2D eigenvalue weighted by atomic mass is 15.1.